The zero-order valence-corrected chi connectivity index (χ0v) is 9.38. The van der Waals surface area contributed by atoms with Gasteiger partial charge in [0.1, 0.15) is 5.78 Å². The summed E-state index contributed by atoms with van der Waals surface area (Å²) in [6, 6.07) is 0. The van der Waals surface area contributed by atoms with Crippen LogP contribution in [-0.4, -0.2) is 44.4 Å². The molecule has 0 aromatic rings. The Morgan fingerprint density at radius 1 is 1.43 bits per heavy atom. The standard InChI is InChI=1S/C11H22N2O/c1-12-7-8-13(2)9-11(14)10-5-3-4-6-10/h10,12H,3-9H2,1-2H3. The molecule has 0 radical (unpaired) electrons. The van der Waals surface area contributed by atoms with Crippen molar-refractivity contribution in [2.45, 2.75) is 25.7 Å². The quantitative estimate of drug-likeness (QED) is 0.688. The highest BCUT2D eigenvalue weighted by Gasteiger charge is 2.22. The molecule has 0 unspecified atom stereocenters. The Bertz CT molecular complexity index is 176. The third-order valence-electron chi connectivity index (χ3n) is 2.98. The second kappa shape index (κ2) is 6.14. The summed E-state index contributed by atoms with van der Waals surface area (Å²) in [5, 5.41) is 3.09. The Hall–Kier alpha value is -0.410. The van der Waals surface area contributed by atoms with E-state index in [0.29, 0.717) is 18.2 Å². The van der Waals surface area contributed by atoms with Crippen LogP contribution in [-0.2, 0) is 4.79 Å². The molecule has 3 heteroatoms. The smallest absolute Gasteiger partial charge is 0.149 e. The first-order chi connectivity index (χ1) is 6.74. The Morgan fingerprint density at radius 3 is 2.64 bits per heavy atom. The van der Waals surface area contributed by atoms with E-state index in [2.05, 4.69) is 10.2 Å². The SMILES string of the molecule is CNCCN(C)CC(=O)C1CCCC1. The van der Waals surface area contributed by atoms with Crippen LogP contribution in [0.15, 0.2) is 0 Å². The fraction of sp³-hybridized carbons (Fsp3) is 0.909. The van der Waals surface area contributed by atoms with E-state index in [0.717, 1.165) is 25.9 Å². The lowest BCUT2D eigenvalue weighted by Gasteiger charge is -2.17. The van der Waals surface area contributed by atoms with Crippen LogP contribution in [0.25, 0.3) is 0 Å². The van der Waals surface area contributed by atoms with Gasteiger partial charge in [0.25, 0.3) is 0 Å². The van der Waals surface area contributed by atoms with Crippen molar-refractivity contribution >= 4 is 5.78 Å². The number of rotatable bonds is 6. The van der Waals surface area contributed by atoms with Crippen molar-refractivity contribution in [3.05, 3.63) is 0 Å². The molecule has 82 valence electrons. The van der Waals surface area contributed by atoms with Crippen LogP contribution < -0.4 is 5.32 Å². The molecule has 1 aliphatic carbocycles. The van der Waals surface area contributed by atoms with Crippen molar-refractivity contribution in [1.82, 2.24) is 10.2 Å². The van der Waals surface area contributed by atoms with Crippen molar-refractivity contribution in [2.75, 3.05) is 33.7 Å². The average Bonchev–Trinajstić information content (AvgIpc) is 2.67. The summed E-state index contributed by atoms with van der Waals surface area (Å²) in [7, 11) is 3.96. The summed E-state index contributed by atoms with van der Waals surface area (Å²) < 4.78 is 0. The van der Waals surface area contributed by atoms with Gasteiger partial charge in [0.05, 0.1) is 6.54 Å². The molecule has 1 N–H and O–H groups in total. The lowest BCUT2D eigenvalue weighted by atomic mass is 10.0. The summed E-state index contributed by atoms with van der Waals surface area (Å²) in [5.41, 5.74) is 0. The third-order valence-corrected chi connectivity index (χ3v) is 2.98. The molecule has 0 amide bonds. The minimum atomic E-state index is 0.368. The maximum Gasteiger partial charge on any atom is 0.149 e. The molecule has 0 aliphatic heterocycles. The topological polar surface area (TPSA) is 32.3 Å². The van der Waals surface area contributed by atoms with Crippen molar-refractivity contribution in [1.29, 1.82) is 0 Å². The Labute approximate surface area is 86.9 Å². The van der Waals surface area contributed by atoms with Crippen molar-refractivity contribution in [2.24, 2.45) is 5.92 Å². The molecule has 0 aromatic carbocycles. The summed E-state index contributed by atoms with van der Waals surface area (Å²) in [5.74, 6) is 0.813. The maximum atomic E-state index is 11.8. The van der Waals surface area contributed by atoms with Gasteiger partial charge in [-0.2, -0.15) is 0 Å². The first kappa shape index (κ1) is 11.7. The number of hydrogen-bond donors (Lipinski definition) is 1. The molecule has 3 nitrogen and oxygen atoms in total. The first-order valence-electron chi connectivity index (χ1n) is 5.60. The summed E-state index contributed by atoms with van der Waals surface area (Å²) in [4.78, 5) is 13.9. The molecule has 0 spiro atoms. The average molecular weight is 198 g/mol. The predicted molar refractivity (Wildman–Crippen MR) is 58.4 cm³/mol. The van der Waals surface area contributed by atoms with E-state index in [1.54, 1.807) is 0 Å². The van der Waals surface area contributed by atoms with Crippen LogP contribution in [0.3, 0.4) is 0 Å². The Balaban J connectivity index is 2.18. The summed E-state index contributed by atoms with van der Waals surface area (Å²) in [6.45, 7) is 2.54. The number of nitrogens with one attached hydrogen (secondary N) is 1. The Morgan fingerprint density at radius 2 is 2.07 bits per heavy atom. The van der Waals surface area contributed by atoms with Gasteiger partial charge in [0.15, 0.2) is 0 Å². The van der Waals surface area contributed by atoms with Gasteiger partial charge in [0, 0.05) is 19.0 Å². The highest BCUT2D eigenvalue weighted by Crippen LogP contribution is 2.25. The number of likely N-dealkylation sites (N-methyl/N-ethyl adjacent to an activating group) is 2. The van der Waals surface area contributed by atoms with Gasteiger partial charge in [-0.3, -0.25) is 9.69 Å². The minimum Gasteiger partial charge on any atom is -0.318 e. The normalized spacial score (nSPS) is 17.9. The van der Waals surface area contributed by atoms with Crippen LogP contribution in [0.4, 0.5) is 0 Å². The zero-order chi connectivity index (χ0) is 10.4. The van der Waals surface area contributed by atoms with Gasteiger partial charge in [-0.1, -0.05) is 12.8 Å². The molecular formula is C11H22N2O. The minimum absolute atomic E-state index is 0.368. The van der Waals surface area contributed by atoms with Gasteiger partial charge < -0.3 is 5.32 Å². The number of Topliss-reactive ketones (excluding diaryl/α,β-unsaturated/α-hetero) is 1. The van der Waals surface area contributed by atoms with Gasteiger partial charge in [-0.05, 0) is 26.9 Å². The molecule has 1 fully saturated rings. The van der Waals surface area contributed by atoms with E-state index in [4.69, 9.17) is 0 Å². The predicted octanol–water partition coefficient (Wildman–Crippen LogP) is 0.897. The molecule has 1 aliphatic rings. The molecule has 0 heterocycles. The first-order valence-corrected chi connectivity index (χ1v) is 5.60. The largest absolute Gasteiger partial charge is 0.318 e. The summed E-state index contributed by atoms with van der Waals surface area (Å²) in [6.07, 6.45) is 4.74. The van der Waals surface area contributed by atoms with Crippen molar-refractivity contribution < 1.29 is 4.79 Å². The molecular weight excluding hydrogens is 176 g/mol. The van der Waals surface area contributed by atoms with Crippen LogP contribution >= 0.6 is 0 Å². The van der Waals surface area contributed by atoms with Crippen molar-refractivity contribution in [3.63, 3.8) is 0 Å². The monoisotopic (exact) mass is 198 g/mol. The van der Waals surface area contributed by atoms with E-state index in [9.17, 15) is 4.79 Å². The molecule has 0 saturated heterocycles. The third kappa shape index (κ3) is 3.76. The Kier molecular flexibility index (Phi) is 5.12. The lowest BCUT2D eigenvalue weighted by molar-refractivity contribution is -0.123. The molecule has 0 bridgehead atoms. The number of carbonyl (C=O) groups excluding carboxylic acids is 1. The zero-order valence-electron chi connectivity index (χ0n) is 9.38. The second-order valence-corrected chi connectivity index (χ2v) is 4.29. The van der Waals surface area contributed by atoms with E-state index in [-0.39, 0.29) is 0 Å². The number of carbonyl (C=O) groups is 1. The lowest BCUT2D eigenvalue weighted by Crippen LogP contribution is -2.33. The van der Waals surface area contributed by atoms with Gasteiger partial charge >= 0.3 is 0 Å². The van der Waals surface area contributed by atoms with Crippen LogP contribution in [0.5, 0.6) is 0 Å². The molecule has 0 atom stereocenters. The molecule has 0 aromatic heterocycles. The fourth-order valence-corrected chi connectivity index (χ4v) is 2.02. The molecule has 1 saturated carbocycles. The number of nitrogens with zero attached hydrogens (tertiary/aromatic N) is 1. The highest BCUT2D eigenvalue weighted by atomic mass is 16.1. The van der Waals surface area contributed by atoms with Crippen LogP contribution in [0.1, 0.15) is 25.7 Å². The molecule has 1 rings (SSSR count). The van der Waals surface area contributed by atoms with Crippen LogP contribution in [0, 0.1) is 5.92 Å². The fourth-order valence-electron chi connectivity index (χ4n) is 2.02. The maximum absolute atomic E-state index is 11.8. The summed E-state index contributed by atoms with van der Waals surface area (Å²) >= 11 is 0. The van der Waals surface area contributed by atoms with Crippen LogP contribution in [0.2, 0.25) is 0 Å². The van der Waals surface area contributed by atoms with E-state index >= 15 is 0 Å². The van der Waals surface area contributed by atoms with Gasteiger partial charge in [0.2, 0.25) is 0 Å². The van der Waals surface area contributed by atoms with E-state index < -0.39 is 0 Å². The highest BCUT2D eigenvalue weighted by molar-refractivity contribution is 5.83. The molecule has 14 heavy (non-hydrogen) atoms. The number of hydrogen-bond acceptors (Lipinski definition) is 3. The van der Waals surface area contributed by atoms with Gasteiger partial charge in [-0.15, -0.1) is 0 Å². The van der Waals surface area contributed by atoms with E-state index in [1.807, 2.05) is 14.1 Å². The van der Waals surface area contributed by atoms with E-state index in [1.165, 1.54) is 12.8 Å². The number of ketones is 1. The second-order valence-electron chi connectivity index (χ2n) is 4.29. The van der Waals surface area contributed by atoms with Gasteiger partial charge in [-0.25, -0.2) is 0 Å². The van der Waals surface area contributed by atoms with Crippen molar-refractivity contribution in [3.8, 4) is 0 Å².